The molecule has 16 heteroatoms. The number of halogens is 3. The highest BCUT2D eigenvalue weighted by Crippen LogP contribution is 2.39. The van der Waals surface area contributed by atoms with Gasteiger partial charge in [0.15, 0.2) is 5.78 Å². The van der Waals surface area contributed by atoms with Crippen molar-refractivity contribution < 1.29 is 66.6 Å². The maximum atomic E-state index is 14.5. The lowest BCUT2D eigenvalue weighted by atomic mass is 9.78. The number of piperidine rings is 1. The summed E-state index contributed by atoms with van der Waals surface area (Å²) in [5, 5.41) is 37.4. The molecule has 0 radical (unpaired) electrons. The monoisotopic (exact) mass is 1030 g/mol. The van der Waals surface area contributed by atoms with E-state index in [1.807, 2.05) is 45.9 Å². The Bertz CT molecular complexity index is 2140. The van der Waals surface area contributed by atoms with Crippen LogP contribution in [0.5, 0.6) is 0 Å². The third-order valence-corrected chi connectivity index (χ3v) is 15.8. The Hall–Kier alpha value is -4.19. The molecule has 73 heavy (non-hydrogen) atoms. The molecular weight excluding hydrogens is 946 g/mol. The molecule has 1 amide bonds. The van der Waals surface area contributed by atoms with Gasteiger partial charge < -0.3 is 44.5 Å². The van der Waals surface area contributed by atoms with E-state index in [1.165, 1.54) is 24.1 Å². The zero-order valence-corrected chi connectivity index (χ0v) is 44.4. The highest BCUT2D eigenvalue weighted by Gasteiger charge is 2.53. The van der Waals surface area contributed by atoms with Crippen LogP contribution in [0.2, 0.25) is 0 Å². The smallest absolute Gasteiger partial charge is 0.416 e. The third kappa shape index (κ3) is 16.2. The number of carbonyl (C=O) groups is 4. The van der Waals surface area contributed by atoms with Crippen molar-refractivity contribution in [2.45, 2.75) is 193 Å². The maximum Gasteiger partial charge on any atom is 0.416 e. The van der Waals surface area contributed by atoms with Gasteiger partial charge in [-0.15, -0.1) is 0 Å². The summed E-state index contributed by atoms with van der Waals surface area (Å²) in [6, 6.07) is 3.06. The summed E-state index contributed by atoms with van der Waals surface area (Å²) in [5.41, 5.74) is 0.623. The molecule has 408 valence electrons. The van der Waals surface area contributed by atoms with Crippen molar-refractivity contribution in [2.75, 3.05) is 26.1 Å². The Morgan fingerprint density at radius 2 is 1.60 bits per heavy atom. The Labute approximate surface area is 431 Å². The summed E-state index contributed by atoms with van der Waals surface area (Å²) in [6.07, 6.45) is 8.12. The fraction of sp³-hybridized carbons (Fsp3) is 0.684. The molecular formula is C57H83F3N2O11. The number of alkyl halides is 3. The van der Waals surface area contributed by atoms with Crippen LogP contribution < -0.4 is 5.32 Å². The molecule has 2 bridgehead atoms. The number of nitrogens with one attached hydrogen (secondary N) is 1. The average molecular weight is 1030 g/mol. The van der Waals surface area contributed by atoms with Crippen LogP contribution in [0.15, 0.2) is 71.9 Å². The quantitative estimate of drug-likeness (QED) is 0.116. The van der Waals surface area contributed by atoms with Gasteiger partial charge in [0.1, 0.15) is 24.4 Å². The van der Waals surface area contributed by atoms with Crippen LogP contribution in [0.1, 0.15) is 138 Å². The number of methoxy groups -OCH3 is 2. The van der Waals surface area contributed by atoms with E-state index in [1.54, 1.807) is 46.1 Å². The molecule has 3 fully saturated rings. The topological polar surface area (TPSA) is 181 Å². The number of Topliss-reactive ketones (excluding diaryl/α,β-unsaturated/α-hetero) is 2. The molecule has 3 aliphatic heterocycles. The number of esters is 1. The standard InChI is InChI=1S/C57H83F3N2O11/c1-34-16-11-10-12-17-36(3)45(61-43-19-15-18-42(32-43)57(58,59)60)33-44-24-22-40(7)56(69,73-44)53(66)54(67)62-27-14-13-20-46(62)55(68)72-48(37(4)30-41-23-25-47(63)49(31-41)70-8)26-21-35(2)29-39(6)51(65)52(71-9)50(64)38(5)28-34/h10-12,15-19,29,32,34-35,37-38,40-41,44-49,51-52,61,63,65,69H,13-14,20-28,30-31,33H2,1-9H3/b12-10+,16-11+,36-17+,39-29+/t34-,35+,37-,38-,40-,41-,44+,45+,46+,47-,48+,49-,51-,52+,56-/m1/s1. The number of hydrogen-bond donors (Lipinski definition) is 4. The molecule has 5 rings (SSSR count). The van der Waals surface area contributed by atoms with Crippen LogP contribution in [0.4, 0.5) is 18.9 Å². The minimum absolute atomic E-state index is 0.0400. The van der Waals surface area contributed by atoms with E-state index < -0.39 is 89.6 Å². The SMILES string of the molecule is CO[C@@H]1C[C@@H](C[C@@H](C)[C@@H]2CC[C@H](C)/C=C(\C)[C@@H](O)[C@@H](OC)C(=O)[C@H](C)C[C@H](C)/C=C/C=C/C=C(\C)[C@@H](Nc3cccc(C(F)(F)F)c3)C[C@@H]3CC[C@@H](C)[C@@](O)(O3)C(=O)C(=O)N3CCCC[C@H]3C(=O)O2)CC[C@H]1O. The highest BCUT2D eigenvalue weighted by molar-refractivity contribution is 6.39. The van der Waals surface area contributed by atoms with Crippen LogP contribution in [-0.4, -0.2) is 119 Å². The number of ketones is 2. The van der Waals surface area contributed by atoms with Gasteiger partial charge in [-0.25, -0.2) is 4.79 Å². The number of rotatable bonds is 7. The largest absolute Gasteiger partial charge is 0.461 e. The summed E-state index contributed by atoms with van der Waals surface area (Å²) < 4.78 is 65.4. The molecule has 4 aliphatic rings. The number of cyclic esters (lactones) is 1. The normalized spacial score (nSPS) is 37.4. The molecule has 0 aromatic heterocycles. The van der Waals surface area contributed by atoms with Crippen molar-refractivity contribution in [2.24, 2.45) is 35.5 Å². The second-order valence-corrected chi connectivity index (χ2v) is 21.7. The molecule has 1 saturated carbocycles. The van der Waals surface area contributed by atoms with Gasteiger partial charge in [0, 0.05) is 44.3 Å². The summed E-state index contributed by atoms with van der Waals surface area (Å²) in [5.74, 6) is -7.11. The van der Waals surface area contributed by atoms with E-state index in [-0.39, 0.29) is 60.6 Å². The lowest BCUT2D eigenvalue weighted by Crippen LogP contribution is -2.61. The van der Waals surface area contributed by atoms with E-state index >= 15 is 0 Å². The van der Waals surface area contributed by atoms with Gasteiger partial charge in [0.2, 0.25) is 5.79 Å². The number of anilines is 1. The fourth-order valence-corrected chi connectivity index (χ4v) is 11.2. The van der Waals surface area contributed by atoms with Crippen molar-refractivity contribution in [3.8, 4) is 0 Å². The van der Waals surface area contributed by atoms with Gasteiger partial charge in [0.25, 0.3) is 11.7 Å². The van der Waals surface area contributed by atoms with Crippen LogP contribution in [-0.2, 0) is 44.3 Å². The van der Waals surface area contributed by atoms with E-state index in [0.29, 0.717) is 75.4 Å². The Morgan fingerprint density at radius 3 is 2.30 bits per heavy atom. The Balaban J connectivity index is 1.50. The fourth-order valence-electron chi connectivity index (χ4n) is 11.2. The molecule has 0 unspecified atom stereocenters. The number of hydrogen-bond acceptors (Lipinski definition) is 12. The molecule has 13 nitrogen and oxygen atoms in total. The molecule has 1 aromatic carbocycles. The first-order valence-corrected chi connectivity index (χ1v) is 26.5. The minimum Gasteiger partial charge on any atom is -0.461 e. The molecule has 3 heterocycles. The predicted octanol–water partition coefficient (Wildman–Crippen LogP) is 9.49. The number of fused-ring (bicyclic) bond motifs is 3. The highest BCUT2D eigenvalue weighted by atomic mass is 19.4. The minimum atomic E-state index is -4.59. The van der Waals surface area contributed by atoms with Crippen LogP contribution in [0.3, 0.4) is 0 Å². The van der Waals surface area contributed by atoms with Crippen molar-refractivity contribution in [1.82, 2.24) is 4.90 Å². The average Bonchev–Trinajstić information content (AvgIpc) is 3.35. The van der Waals surface area contributed by atoms with Crippen molar-refractivity contribution in [3.63, 3.8) is 0 Å². The van der Waals surface area contributed by atoms with Crippen molar-refractivity contribution >= 4 is 29.1 Å². The lowest BCUT2D eigenvalue weighted by molar-refractivity contribution is -0.263. The van der Waals surface area contributed by atoms with E-state index in [0.717, 1.165) is 18.6 Å². The first-order chi connectivity index (χ1) is 34.5. The Kier molecular flexibility index (Phi) is 22.1. The van der Waals surface area contributed by atoms with Gasteiger partial charge >= 0.3 is 12.1 Å². The Morgan fingerprint density at radius 1 is 0.863 bits per heavy atom. The third-order valence-electron chi connectivity index (χ3n) is 15.8. The number of amides is 1. The number of allylic oxidation sites excluding steroid dienone is 6. The van der Waals surface area contributed by atoms with Gasteiger partial charge in [0.05, 0.1) is 23.9 Å². The van der Waals surface area contributed by atoms with Gasteiger partial charge in [-0.05, 0) is 145 Å². The first-order valence-electron chi connectivity index (χ1n) is 26.5. The number of carbonyl (C=O) groups excluding carboxylic acids is 4. The summed E-state index contributed by atoms with van der Waals surface area (Å²) in [4.78, 5) is 58.4. The van der Waals surface area contributed by atoms with Gasteiger partial charge in [-0.3, -0.25) is 14.4 Å². The van der Waals surface area contributed by atoms with Gasteiger partial charge in [-0.2, -0.15) is 13.2 Å². The number of ether oxygens (including phenoxy) is 4. The predicted molar refractivity (Wildman–Crippen MR) is 273 cm³/mol. The van der Waals surface area contributed by atoms with E-state index in [4.69, 9.17) is 18.9 Å². The summed E-state index contributed by atoms with van der Waals surface area (Å²) in [7, 11) is 2.99. The second kappa shape index (κ2) is 27.0. The van der Waals surface area contributed by atoms with Gasteiger partial charge in [-0.1, -0.05) is 82.7 Å². The van der Waals surface area contributed by atoms with Crippen LogP contribution in [0, 0.1) is 35.5 Å². The molecule has 0 spiro atoms. The van der Waals surface area contributed by atoms with Crippen molar-refractivity contribution in [3.05, 3.63) is 77.4 Å². The first kappa shape index (κ1) is 59.7. The van der Waals surface area contributed by atoms with Crippen molar-refractivity contribution in [1.29, 1.82) is 0 Å². The molecule has 1 aromatic rings. The zero-order chi connectivity index (χ0) is 53.8. The summed E-state index contributed by atoms with van der Waals surface area (Å²) >= 11 is 0. The maximum absolute atomic E-state index is 14.5. The molecule has 1 aliphatic carbocycles. The second-order valence-electron chi connectivity index (χ2n) is 21.7. The lowest BCUT2D eigenvalue weighted by Gasteiger charge is -2.43. The molecule has 4 N–H and O–H groups in total. The number of aliphatic hydroxyl groups excluding tert-OH is 2. The van der Waals surface area contributed by atoms with E-state index in [2.05, 4.69) is 5.32 Å². The van der Waals surface area contributed by atoms with Crippen LogP contribution >= 0.6 is 0 Å². The molecule has 2 saturated heterocycles. The summed E-state index contributed by atoms with van der Waals surface area (Å²) in [6.45, 7) is 13.1. The molecule has 15 atom stereocenters. The number of benzene rings is 1. The zero-order valence-electron chi connectivity index (χ0n) is 44.4. The van der Waals surface area contributed by atoms with E-state index in [9.17, 15) is 47.7 Å². The van der Waals surface area contributed by atoms with Crippen LogP contribution in [0.25, 0.3) is 0 Å². The number of nitrogens with zero attached hydrogens (tertiary/aromatic N) is 1. The number of aliphatic hydroxyl groups is 3.